The van der Waals surface area contributed by atoms with Crippen LogP contribution in [0.2, 0.25) is 0 Å². The Morgan fingerprint density at radius 2 is 1.93 bits per heavy atom. The standard InChI is InChI=1S/C21H24N2O4/c24-20(25)15-27-19-8-3-7-17(13-19)21(26)22-10-4-11-23-12-9-16-5-1-2-6-18(16)14-23/h1-3,5-8,13H,4,9-12,14-15H2,(H,22,26)(H,24,25). The van der Waals surface area contributed by atoms with Crippen molar-refractivity contribution in [2.75, 3.05) is 26.2 Å². The highest BCUT2D eigenvalue weighted by Crippen LogP contribution is 2.18. The van der Waals surface area contributed by atoms with Gasteiger partial charge in [-0.3, -0.25) is 9.69 Å². The van der Waals surface area contributed by atoms with Gasteiger partial charge in [0.25, 0.3) is 5.91 Å². The quantitative estimate of drug-likeness (QED) is 0.699. The summed E-state index contributed by atoms with van der Waals surface area (Å²) in [6, 6.07) is 15.1. The smallest absolute Gasteiger partial charge is 0.341 e. The molecule has 3 rings (SSSR count). The molecule has 27 heavy (non-hydrogen) atoms. The number of rotatable bonds is 8. The highest BCUT2D eigenvalue weighted by Gasteiger charge is 2.15. The van der Waals surface area contributed by atoms with Crippen LogP contribution in [0.4, 0.5) is 0 Å². The molecule has 2 N–H and O–H groups in total. The molecule has 2 aromatic rings. The first kappa shape index (κ1) is 18.9. The molecule has 0 aromatic heterocycles. The number of hydrogen-bond donors (Lipinski definition) is 2. The summed E-state index contributed by atoms with van der Waals surface area (Å²) in [6.45, 7) is 3.12. The minimum Gasteiger partial charge on any atom is -0.482 e. The number of carboxylic acids is 1. The van der Waals surface area contributed by atoms with Crippen molar-refractivity contribution in [2.45, 2.75) is 19.4 Å². The fourth-order valence-corrected chi connectivity index (χ4v) is 3.22. The summed E-state index contributed by atoms with van der Waals surface area (Å²) in [5.41, 5.74) is 3.29. The third-order valence-electron chi connectivity index (χ3n) is 4.60. The Morgan fingerprint density at radius 3 is 2.74 bits per heavy atom. The van der Waals surface area contributed by atoms with Crippen LogP contribution in [0.25, 0.3) is 0 Å². The average Bonchev–Trinajstić information content (AvgIpc) is 2.69. The second-order valence-corrected chi connectivity index (χ2v) is 6.61. The van der Waals surface area contributed by atoms with E-state index in [9.17, 15) is 9.59 Å². The van der Waals surface area contributed by atoms with Gasteiger partial charge < -0.3 is 15.2 Å². The number of carbonyl (C=O) groups is 2. The number of amides is 1. The van der Waals surface area contributed by atoms with Gasteiger partial charge in [-0.25, -0.2) is 4.79 Å². The van der Waals surface area contributed by atoms with Gasteiger partial charge in [-0.05, 0) is 42.2 Å². The molecular weight excluding hydrogens is 344 g/mol. The zero-order chi connectivity index (χ0) is 19.1. The molecule has 1 heterocycles. The van der Waals surface area contributed by atoms with Gasteiger partial charge in [0, 0.05) is 31.7 Å². The molecule has 0 aliphatic carbocycles. The van der Waals surface area contributed by atoms with Gasteiger partial charge in [0.1, 0.15) is 5.75 Å². The molecule has 1 aliphatic rings. The third-order valence-corrected chi connectivity index (χ3v) is 4.60. The van der Waals surface area contributed by atoms with Gasteiger partial charge in [0.05, 0.1) is 0 Å². The van der Waals surface area contributed by atoms with Crippen LogP contribution in [-0.2, 0) is 17.8 Å². The number of aliphatic carboxylic acids is 1. The Bertz CT molecular complexity index is 806. The number of carbonyl (C=O) groups excluding carboxylic acids is 1. The van der Waals surface area contributed by atoms with Crippen molar-refractivity contribution in [1.82, 2.24) is 10.2 Å². The molecule has 1 aliphatic heterocycles. The molecule has 1 amide bonds. The first-order valence-corrected chi connectivity index (χ1v) is 9.14. The van der Waals surface area contributed by atoms with E-state index in [2.05, 4.69) is 34.5 Å². The summed E-state index contributed by atoms with van der Waals surface area (Å²) in [7, 11) is 0. The lowest BCUT2D eigenvalue weighted by Crippen LogP contribution is -2.33. The zero-order valence-electron chi connectivity index (χ0n) is 15.2. The maximum absolute atomic E-state index is 12.3. The van der Waals surface area contributed by atoms with Crippen LogP contribution in [0.1, 0.15) is 27.9 Å². The molecular formula is C21H24N2O4. The molecule has 0 saturated carbocycles. The summed E-state index contributed by atoms with van der Waals surface area (Å²) in [5, 5.41) is 11.6. The Kier molecular flexibility index (Phi) is 6.44. The third kappa shape index (κ3) is 5.56. The zero-order valence-corrected chi connectivity index (χ0v) is 15.2. The molecule has 0 unspecified atom stereocenters. The van der Waals surface area contributed by atoms with Crippen molar-refractivity contribution in [1.29, 1.82) is 0 Å². The minimum atomic E-state index is -1.05. The van der Waals surface area contributed by atoms with Crippen LogP contribution in [-0.4, -0.2) is 48.1 Å². The molecule has 0 spiro atoms. The molecule has 2 aromatic carbocycles. The predicted molar refractivity (Wildman–Crippen MR) is 102 cm³/mol. The van der Waals surface area contributed by atoms with Crippen LogP contribution in [0, 0.1) is 0 Å². The normalized spacial score (nSPS) is 13.6. The maximum Gasteiger partial charge on any atom is 0.341 e. The lowest BCUT2D eigenvalue weighted by Gasteiger charge is -2.28. The minimum absolute atomic E-state index is 0.181. The summed E-state index contributed by atoms with van der Waals surface area (Å²) >= 11 is 0. The van der Waals surface area contributed by atoms with Crippen molar-refractivity contribution in [3.05, 3.63) is 65.2 Å². The van der Waals surface area contributed by atoms with Crippen LogP contribution < -0.4 is 10.1 Å². The number of nitrogens with one attached hydrogen (secondary N) is 1. The maximum atomic E-state index is 12.3. The van der Waals surface area contributed by atoms with E-state index in [0.717, 1.165) is 32.5 Å². The van der Waals surface area contributed by atoms with Crippen molar-refractivity contribution in [3.63, 3.8) is 0 Å². The number of benzene rings is 2. The summed E-state index contributed by atoms with van der Waals surface area (Å²) < 4.78 is 5.11. The van der Waals surface area contributed by atoms with Crippen molar-refractivity contribution < 1.29 is 19.4 Å². The Labute approximate surface area is 158 Å². The Hall–Kier alpha value is -2.86. The van der Waals surface area contributed by atoms with E-state index in [-0.39, 0.29) is 5.91 Å². The number of ether oxygens (including phenoxy) is 1. The summed E-state index contributed by atoms with van der Waals surface area (Å²) in [5.74, 6) is -0.859. The van der Waals surface area contributed by atoms with Crippen molar-refractivity contribution >= 4 is 11.9 Å². The van der Waals surface area contributed by atoms with E-state index >= 15 is 0 Å². The van der Waals surface area contributed by atoms with Crippen molar-refractivity contribution in [2.24, 2.45) is 0 Å². The second-order valence-electron chi connectivity index (χ2n) is 6.61. The van der Waals surface area contributed by atoms with Crippen molar-refractivity contribution in [3.8, 4) is 5.75 Å². The van der Waals surface area contributed by atoms with Gasteiger partial charge in [0.15, 0.2) is 6.61 Å². The topological polar surface area (TPSA) is 78.9 Å². The average molecular weight is 368 g/mol. The Balaban J connectivity index is 1.41. The fraction of sp³-hybridized carbons (Fsp3) is 0.333. The highest BCUT2D eigenvalue weighted by molar-refractivity contribution is 5.94. The van der Waals surface area contributed by atoms with Crippen LogP contribution in [0.3, 0.4) is 0 Å². The molecule has 0 saturated heterocycles. The number of hydrogen-bond acceptors (Lipinski definition) is 4. The first-order valence-electron chi connectivity index (χ1n) is 9.14. The summed E-state index contributed by atoms with van der Waals surface area (Å²) in [6.07, 6.45) is 1.95. The number of nitrogens with zero attached hydrogens (tertiary/aromatic N) is 1. The highest BCUT2D eigenvalue weighted by atomic mass is 16.5. The van der Waals surface area contributed by atoms with Gasteiger partial charge in [-0.2, -0.15) is 0 Å². The SMILES string of the molecule is O=C(O)COc1cccc(C(=O)NCCCN2CCc3ccccc3C2)c1. The predicted octanol–water partition coefficient (Wildman–Crippen LogP) is 2.33. The van der Waals surface area contributed by atoms with Gasteiger partial charge in [-0.1, -0.05) is 30.3 Å². The number of fused-ring (bicyclic) bond motifs is 1. The molecule has 142 valence electrons. The second kappa shape index (κ2) is 9.19. The molecule has 0 bridgehead atoms. The molecule has 0 radical (unpaired) electrons. The van der Waals surface area contributed by atoms with E-state index in [0.29, 0.717) is 17.9 Å². The lowest BCUT2D eigenvalue weighted by atomic mass is 10.00. The molecule has 6 nitrogen and oxygen atoms in total. The van der Waals surface area contributed by atoms with Crippen LogP contribution >= 0.6 is 0 Å². The van der Waals surface area contributed by atoms with E-state index in [4.69, 9.17) is 9.84 Å². The van der Waals surface area contributed by atoms with Crippen LogP contribution in [0.15, 0.2) is 48.5 Å². The lowest BCUT2D eigenvalue weighted by molar-refractivity contribution is -0.139. The van der Waals surface area contributed by atoms with E-state index in [1.165, 1.54) is 11.1 Å². The summed E-state index contributed by atoms with van der Waals surface area (Å²) in [4.78, 5) is 25.2. The first-order chi connectivity index (χ1) is 13.1. The molecule has 0 atom stereocenters. The van der Waals surface area contributed by atoms with Crippen LogP contribution in [0.5, 0.6) is 5.75 Å². The Morgan fingerprint density at radius 1 is 1.11 bits per heavy atom. The van der Waals surface area contributed by atoms with E-state index in [1.807, 2.05) is 0 Å². The van der Waals surface area contributed by atoms with E-state index in [1.54, 1.807) is 24.3 Å². The van der Waals surface area contributed by atoms with Gasteiger partial charge in [-0.15, -0.1) is 0 Å². The molecule has 0 fully saturated rings. The monoisotopic (exact) mass is 368 g/mol. The largest absolute Gasteiger partial charge is 0.482 e. The number of carboxylic acid groups (broad SMARTS) is 1. The van der Waals surface area contributed by atoms with E-state index < -0.39 is 12.6 Å². The molecule has 6 heteroatoms. The fourth-order valence-electron chi connectivity index (χ4n) is 3.22. The van der Waals surface area contributed by atoms with Gasteiger partial charge in [0.2, 0.25) is 0 Å². The van der Waals surface area contributed by atoms with Gasteiger partial charge >= 0.3 is 5.97 Å².